The van der Waals surface area contributed by atoms with Gasteiger partial charge in [-0.05, 0) is 51.1 Å². The summed E-state index contributed by atoms with van der Waals surface area (Å²) < 4.78 is 26.7. The zero-order valence-corrected chi connectivity index (χ0v) is 16.3. The van der Waals surface area contributed by atoms with Crippen LogP contribution < -0.4 is 10.0 Å². The number of pyridine rings is 1. The van der Waals surface area contributed by atoms with Crippen LogP contribution in [0, 0.1) is 6.92 Å². The summed E-state index contributed by atoms with van der Waals surface area (Å²) in [5.74, 6) is -0.289. The first-order valence-corrected chi connectivity index (χ1v) is 10.3. The molecule has 2 heterocycles. The Kier molecular flexibility index (Phi) is 4.88. The lowest BCUT2D eigenvalue weighted by atomic mass is 10.1. The molecule has 0 saturated heterocycles. The first-order valence-electron chi connectivity index (χ1n) is 8.38. The molecule has 1 amide bonds. The van der Waals surface area contributed by atoms with E-state index in [1.807, 2.05) is 18.5 Å². The fraction of sp³-hybridized carbons (Fsp3) is 0.278. The molecule has 1 aromatic carbocycles. The Labute approximate surface area is 157 Å². The Morgan fingerprint density at radius 2 is 1.78 bits per heavy atom. The highest BCUT2D eigenvalue weighted by Crippen LogP contribution is 2.21. The van der Waals surface area contributed by atoms with Gasteiger partial charge in [0.25, 0.3) is 5.91 Å². The third-order valence-electron chi connectivity index (χ3n) is 3.94. The quantitative estimate of drug-likeness (QED) is 0.700. The number of nitrogens with zero attached hydrogens (tertiary/aromatic N) is 3. The molecule has 0 fully saturated rings. The summed E-state index contributed by atoms with van der Waals surface area (Å²) in [4.78, 5) is 17.2. The molecule has 0 aliphatic rings. The number of aromatic nitrogens is 3. The van der Waals surface area contributed by atoms with E-state index in [4.69, 9.17) is 0 Å². The van der Waals surface area contributed by atoms with Crippen LogP contribution in [-0.2, 0) is 10.0 Å². The van der Waals surface area contributed by atoms with Gasteiger partial charge in [-0.2, -0.15) is 5.10 Å². The number of carbonyl (C=O) groups excluding carboxylic acids is 1. The minimum absolute atomic E-state index is 0.174. The van der Waals surface area contributed by atoms with Crippen LogP contribution in [0.2, 0.25) is 0 Å². The molecule has 3 aromatic rings. The number of benzene rings is 1. The highest BCUT2D eigenvalue weighted by molar-refractivity contribution is 7.92. The maximum Gasteiger partial charge on any atom is 0.257 e. The van der Waals surface area contributed by atoms with Crippen LogP contribution in [0.25, 0.3) is 11.0 Å². The molecule has 2 N–H and O–H groups in total. The number of amides is 1. The molecule has 27 heavy (non-hydrogen) atoms. The molecular formula is C18H21N5O3S. The first kappa shape index (κ1) is 18.8. The second-order valence-electron chi connectivity index (χ2n) is 6.62. The average molecular weight is 387 g/mol. The van der Waals surface area contributed by atoms with Crippen molar-refractivity contribution >= 4 is 38.3 Å². The monoisotopic (exact) mass is 387 g/mol. The molecule has 0 spiro atoms. The van der Waals surface area contributed by atoms with E-state index in [9.17, 15) is 13.2 Å². The Morgan fingerprint density at radius 3 is 2.37 bits per heavy atom. The van der Waals surface area contributed by atoms with E-state index in [0.717, 1.165) is 17.3 Å². The normalized spacial score (nSPS) is 11.7. The maximum atomic E-state index is 12.6. The number of anilines is 2. The van der Waals surface area contributed by atoms with E-state index < -0.39 is 10.0 Å². The van der Waals surface area contributed by atoms with E-state index in [0.29, 0.717) is 22.6 Å². The molecule has 2 aromatic heterocycles. The van der Waals surface area contributed by atoms with Crippen molar-refractivity contribution in [1.29, 1.82) is 0 Å². The molecule has 0 aliphatic carbocycles. The van der Waals surface area contributed by atoms with Crippen molar-refractivity contribution in [3.8, 4) is 0 Å². The van der Waals surface area contributed by atoms with Crippen molar-refractivity contribution in [3.05, 3.63) is 47.8 Å². The Balaban J connectivity index is 1.83. The Morgan fingerprint density at radius 1 is 1.15 bits per heavy atom. The molecule has 0 radical (unpaired) electrons. The maximum absolute atomic E-state index is 12.6. The van der Waals surface area contributed by atoms with Crippen molar-refractivity contribution in [2.45, 2.75) is 26.8 Å². The third-order valence-corrected chi connectivity index (χ3v) is 4.55. The summed E-state index contributed by atoms with van der Waals surface area (Å²) >= 11 is 0. The summed E-state index contributed by atoms with van der Waals surface area (Å²) in [6, 6.07) is 8.37. The SMILES string of the molecule is Cc1nc2c(cnn2C(C)C)cc1C(=O)Nc1ccc(NS(C)(=O)=O)cc1. The average Bonchev–Trinajstić information content (AvgIpc) is 2.97. The van der Waals surface area contributed by atoms with E-state index in [2.05, 4.69) is 20.1 Å². The van der Waals surface area contributed by atoms with Gasteiger partial charge in [-0.1, -0.05) is 0 Å². The number of aryl methyl sites for hydroxylation is 1. The molecule has 8 nitrogen and oxygen atoms in total. The number of nitrogens with one attached hydrogen (secondary N) is 2. The number of sulfonamides is 1. The lowest BCUT2D eigenvalue weighted by molar-refractivity contribution is 0.102. The van der Waals surface area contributed by atoms with Crippen LogP contribution in [0.4, 0.5) is 11.4 Å². The largest absolute Gasteiger partial charge is 0.322 e. The van der Waals surface area contributed by atoms with Crippen molar-refractivity contribution < 1.29 is 13.2 Å². The Hall–Kier alpha value is -2.94. The molecular weight excluding hydrogens is 366 g/mol. The van der Waals surface area contributed by atoms with Crippen molar-refractivity contribution in [2.75, 3.05) is 16.3 Å². The summed E-state index contributed by atoms with van der Waals surface area (Å²) in [7, 11) is -3.34. The van der Waals surface area contributed by atoms with Crippen LogP contribution in [0.3, 0.4) is 0 Å². The lowest BCUT2D eigenvalue weighted by Gasteiger charge is -2.10. The standard InChI is InChI=1S/C18H21N5O3S/c1-11(2)23-17-13(10-19-23)9-16(12(3)20-17)18(24)21-14-5-7-15(8-6-14)22-27(4,25)26/h5-11,22H,1-4H3,(H,21,24). The number of carbonyl (C=O) groups is 1. The van der Waals surface area contributed by atoms with Crippen LogP contribution in [0.15, 0.2) is 36.5 Å². The Bertz CT molecular complexity index is 1100. The smallest absolute Gasteiger partial charge is 0.257 e. The van der Waals surface area contributed by atoms with Crippen molar-refractivity contribution in [2.24, 2.45) is 0 Å². The highest BCUT2D eigenvalue weighted by atomic mass is 32.2. The molecule has 0 bridgehead atoms. The second kappa shape index (κ2) is 6.99. The van der Waals surface area contributed by atoms with Gasteiger partial charge in [0.1, 0.15) is 0 Å². The van der Waals surface area contributed by atoms with Gasteiger partial charge in [0.15, 0.2) is 5.65 Å². The van der Waals surface area contributed by atoms with Crippen LogP contribution in [0.1, 0.15) is 35.9 Å². The first-order chi connectivity index (χ1) is 12.6. The van der Waals surface area contributed by atoms with E-state index in [1.165, 1.54) is 0 Å². The minimum atomic E-state index is -3.34. The van der Waals surface area contributed by atoms with Crippen LogP contribution in [0.5, 0.6) is 0 Å². The molecule has 9 heteroatoms. The summed E-state index contributed by atoms with van der Waals surface area (Å²) in [6.07, 6.45) is 2.78. The molecule has 142 valence electrons. The fourth-order valence-electron chi connectivity index (χ4n) is 2.71. The lowest BCUT2D eigenvalue weighted by Crippen LogP contribution is -2.15. The summed E-state index contributed by atoms with van der Waals surface area (Å²) in [5.41, 5.74) is 2.80. The van der Waals surface area contributed by atoms with E-state index in [-0.39, 0.29) is 11.9 Å². The molecule has 3 rings (SSSR count). The van der Waals surface area contributed by atoms with Crippen LogP contribution >= 0.6 is 0 Å². The highest BCUT2D eigenvalue weighted by Gasteiger charge is 2.15. The zero-order chi connectivity index (χ0) is 19.8. The fourth-order valence-corrected chi connectivity index (χ4v) is 3.27. The number of hydrogen-bond acceptors (Lipinski definition) is 5. The predicted octanol–water partition coefficient (Wildman–Crippen LogP) is 2.94. The molecule has 0 saturated carbocycles. The third kappa shape index (κ3) is 4.25. The number of hydrogen-bond donors (Lipinski definition) is 2. The molecule has 0 unspecified atom stereocenters. The van der Waals surface area contributed by atoms with E-state index in [1.54, 1.807) is 43.5 Å². The summed E-state index contributed by atoms with van der Waals surface area (Å²) in [6.45, 7) is 5.82. The number of rotatable bonds is 5. The predicted molar refractivity (Wildman–Crippen MR) is 106 cm³/mol. The van der Waals surface area contributed by atoms with Gasteiger partial charge < -0.3 is 5.32 Å². The van der Waals surface area contributed by atoms with Gasteiger partial charge >= 0.3 is 0 Å². The van der Waals surface area contributed by atoms with Crippen LogP contribution in [-0.4, -0.2) is 35.3 Å². The van der Waals surface area contributed by atoms with Crippen molar-refractivity contribution in [1.82, 2.24) is 14.8 Å². The van der Waals surface area contributed by atoms with Gasteiger partial charge in [0.2, 0.25) is 10.0 Å². The van der Waals surface area contributed by atoms with Gasteiger partial charge in [-0.25, -0.2) is 18.1 Å². The van der Waals surface area contributed by atoms with Gasteiger partial charge in [0.05, 0.1) is 23.7 Å². The summed E-state index contributed by atoms with van der Waals surface area (Å²) in [5, 5.41) is 7.92. The molecule has 0 aliphatic heterocycles. The molecule has 0 atom stereocenters. The van der Waals surface area contributed by atoms with Gasteiger partial charge in [0, 0.05) is 22.8 Å². The minimum Gasteiger partial charge on any atom is -0.322 e. The zero-order valence-electron chi connectivity index (χ0n) is 15.5. The van der Waals surface area contributed by atoms with E-state index >= 15 is 0 Å². The second-order valence-corrected chi connectivity index (χ2v) is 8.37. The van der Waals surface area contributed by atoms with Gasteiger partial charge in [-0.3, -0.25) is 9.52 Å². The topological polar surface area (TPSA) is 106 Å². The van der Waals surface area contributed by atoms with Gasteiger partial charge in [-0.15, -0.1) is 0 Å². The van der Waals surface area contributed by atoms with Crippen molar-refractivity contribution in [3.63, 3.8) is 0 Å². The number of fused-ring (bicyclic) bond motifs is 1.